The molecule has 0 spiro atoms. The van der Waals surface area contributed by atoms with Crippen LogP contribution in [0.15, 0.2) is 54.7 Å². The van der Waals surface area contributed by atoms with Crippen molar-refractivity contribution in [3.8, 4) is 0 Å². The van der Waals surface area contributed by atoms with E-state index in [-0.39, 0.29) is 0 Å². The predicted molar refractivity (Wildman–Crippen MR) is 80.4 cm³/mol. The van der Waals surface area contributed by atoms with Crippen molar-refractivity contribution in [2.75, 3.05) is 0 Å². The van der Waals surface area contributed by atoms with Gasteiger partial charge in [-0.25, -0.2) is 0 Å². The van der Waals surface area contributed by atoms with Crippen LogP contribution >= 0.6 is 11.6 Å². The lowest BCUT2D eigenvalue weighted by Crippen LogP contribution is -2.03. The van der Waals surface area contributed by atoms with Gasteiger partial charge in [0.2, 0.25) is 0 Å². The minimum Gasteiger partial charge on any atom is -0.343 e. The van der Waals surface area contributed by atoms with E-state index in [0.29, 0.717) is 6.54 Å². The number of rotatable bonds is 3. The van der Waals surface area contributed by atoms with Crippen molar-refractivity contribution in [2.45, 2.75) is 13.1 Å². The molecule has 0 unspecified atom stereocenters. The third kappa shape index (κ3) is 2.25. The van der Waals surface area contributed by atoms with Crippen LogP contribution in [-0.2, 0) is 13.1 Å². The van der Waals surface area contributed by atoms with Crippen molar-refractivity contribution in [3.05, 3.63) is 70.9 Å². The van der Waals surface area contributed by atoms with Gasteiger partial charge in [0.05, 0.1) is 5.52 Å². The van der Waals surface area contributed by atoms with Gasteiger partial charge in [-0.05, 0) is 28.6 Å². The predicted octanol–water partition coefficient (Wildman–Crippen LogP) is 3.80. The molecule has 1 heterocycles. The summed E-state index contributed by atoms with van der Waals surface area (Å²) in [5.74, 6) is 0. The molecule has 3 rings (SSSR count). The van der Waals surface area contributed by atoms with Gasteiger partial charge < -0.3 is 10.3 Å². The molecule has 0 saturated heterocycles. The quantitative estimate of drug-likeness (QED) is 0.771. The third-order valence-corrected chi connectivity index (χ3v) is 3.76. The molecule has 1 aromatic heterocycles. The van der Waals surface area contributed by atoms with Gasteiger partial charge in [0.15, 0.2) is 0 Å². The minimum absolute atomic E-state index is 0.546. The summed E-state index contributed by atoms with van der Waals surface area (Å²) in [5.41, 5.74) is 9.31. The van der Waals surface area contributed by atoms with Crippen LogP contribution in [-0.4, -0.2) is 4.57 Å². The number of hydrogen-bond acceptors (Lipinski definition) is 1. The summed E-state index contributed by atoms with van der Waals surface area (Å²) in [6, 6.07) is 16.3. The van der Waals surface area contributed by atoms with E-state index >= 15 is 0 Å². The summed E-state index contributed by atoms with van der Waals surface area (Å²) in [5, 5.41) is 2.02. The van der Waals surface area contributed by atoms with Crippen molar-refractivity contribution >= 4 is 22.5 Å². The molecule has 0 amide bonds. The van der Waals surface area contributed by atoms with Crippen molar-refractivity contribution in [1.29, 1.82) is 0 Å². The molecule has 0 saturated carbocycles. The molecule has 96 valence electrons. The van der Waals surface area contributed by atoms with Gasteiger partial charge in [0.25, 0.3) is 0 Å². The SMILES string of the molecule is NCc1cccc2ccn(Cc3ccccc3Cl)c12. The largest absolute Gasteiger partial charge is 0.343 e. The van der Waals surface area contributed by atoms with E-state index in [0.717, 1.165) is 22.7 Å². The normalized spacial score (nSPS) is 11.1. The molecule has 0 radical (unpaired) electrons. The molecule has 0 aliphatic heterocycles. The number of fused-ring (bicyclic) bond motifs is 1. The smallest absolute Gasteiger partial charge is 0.0528 e. The van der Waals surface area contributed by atoms with Crippen LogP contribution in [0, 0.1) is 0 Å². The van der Waals surface area contributed by atoms with Crippen LogP contribution in [0.2, 0.25) is 5.02 Å². The molecule has 0 aliphatic carbocycles. The second kappa shape index (κ2) is 5.08. The maximum Gasteiger partial charge on any atom is 0.0528 e. The number of aromatic nitrogens is 1. The highest BCUT2D eigenvalue weighted by molar-refractivity contribution is 6.31. The van der Waals surface area contributed by atoms with Crippen LogP contribution in [0.3, 0.4) is 0 Å². The molecule has 0 atom stereocenters. The zero-order valence-corrected chi connectivity index (χ0v) is 11.3. The first-order chi connectivity index (χ1) is 9.29. The van der Waals surface area contributed by atoms with E-state index in [1.54, 1.807) is 0 Å². The fourth-order valence-corrected chi connectivity index (χ4v) is 2.64. The fourth-order valence-electron chi connectivity index (χ4n) is 2.45. The first-order valence-corrected chi connectivity index (χ1v) is 6.67. The standard InChI is InChI=1S/C16H15ClN2/c17-15-7-2-1-4-14(15)11-19-9-8-12-5-3-6-13(10-18)16(12)19/h1-9H,10-11,18H2. The number of para-hydroxylation sites is 1. The number of halogens is 1. The Morgan fingerprint density at radius 3 is 2.53 bits per heavy atom. The van der Waals surface area contributed by atoms with E-state index in [1.807, 2.05) is 24.3 Å². The Kier molecular flexibility index (Phi) is 3.28. The van der Waals surface area contributed by atoms with Crippen molar-refractivity contribution < 1.29 is 0 Å². The second-order valence-corrected chi connectivity index (χ2v) is 5.00. The van der Waals surface area contributed by atoms with Crippen molar-refractivity contribution in [2.24, 2.45) is 5.73 Å². The Morgan fingerprint density at radius 2 is 1.74 bits per heavy atom. The fraction of sp³-hybridized carbons (Fsp3) is 0.125. The maximum absolute atomic E-state index is 6.23. The average molecular weight is 271 g/mol. The van der Waals surface area contributed by atoms with Crippen LogP contribution < -0.4 is 5.73 Å². The summed E-state index contributed by atoms with van der Waals surface area (Å²) in [4.78, 5) is 0. The van der Waals surface area contributed by atoms with Crippen molar-refractivity contribution in [1.82, 2.24) is 4.57 Å². The lowest BCUT2D eigenvalue weighted by molar-refractivity contribution is 0.830. The van der Waals surface area contributed by atoms with Gasteiger partial charge in [-0.3, -0.25) is 0 Å². The first-order valence-electron chi connectivity index (χ1n) is 6.30. The molecule has 3 heteroatoms. The Labute approximate surface area is 117 Å². The maximum atomic E-state index is 6.23. The summed E-state index contributed by atoms with van der Waals surface area (Å²) < 4.78 is 2.21. The van der Waals surface area contributed by atoms with Gasteiger partial charge >= 0.3 is 0 Å². The van der Waals surface area contributed by atoms with Crippen LogP contribution in [0.4, 0.5) is 0 Å². The van der Waals surface area contributed by atoms with Crippen molar-refractivity contribution in [3.63, 3.8) is 0 Å². The average Bonchev–Trinajstić information content (AvgIpc) is 2.85. The molecule has 19 heavy (non-hydrogen) atoms. The number of nitrogens with two attached hydrogens (primary N) is 1. The van der Waals surface area contributed by atoms with Crippen LogP contribution in [0.25, 0.3) is 10.9 Å². The van der Waals surface area contributed by atoms with E-state index in [4.69, 9.17) is 17.3 Å². The zero-order chi connectivity index (χ0) is 13.2. The highest BCUT2D eigenvalue weighted by atomic mass is 35.5. The van der Waals surface area contributed by atoms with E-state index in [9.17, 15) is 0 Å². The van der Waals surface area contributed by atoms with Crippen LogP contribution in [0.5, 0.6) is 0 Å². The van der Waals surface area contributed by atoms with E-state index in [2.05, 4.69) is 35.0 Å². The van der Waals surface area contributed by atoms with Gasteiger partial charge in [-0.2, -0.15) is 0 Å². The molecule has 2 aromatic carbocycles. The van der Waals surface area contributed by atoms with Gasteiger partial charge in [0.1, 0.15) is 0 Å². The molecular weight excluding hydrogens is 256 g/mol. The van der Waals surface area contributed by atoms with E-state index < -0.39 is 0 Å². The topological polar surface area (TPSA) is 30.9 Å². The monoisotopic (exact) mass is 270 g/mol. The number of benzene rings is 2. The molecule has 0 aliphatic rings. The molecule has 2 N–H and O–H groups in total. The van der Waals surface area contributed by atoms with Gasteiger partial charge in [-0.15, -0.1) is 0 Å². The summed E-state index contributed by atoms with van der Waals surface area (Å²) in [6.45, 7) is 1.31. The molecule has 3 aromatic rings. The lowest BCUT2D eigenvalue weighted by atomic mass is 10.1. The minimum atomic E-state index is 0.546. The molecular formula is C16H15ClN2. The highest BCUT2D eigenvalue weighted by Gasteiger charge is 2.07. The molecule has 0 fully saturated rings. The Morgan fingerprint density at radius 1 is 0.947 bits per heavy atom. The number of nitrogens with zero attached hydrogens (tertiary/aromatic N) is 1. The summed E-state index contributed by atoms with van der Waals surface area (Å²) in [7, 11) is 0. The third-order valence-electron chi connectivity index (χ3n) is 3.39. The van der Waals surface area contributed by atoms with Crippen LogP contribution in [0.1, 0.15) is 11.1 Å². The molecule has 2 nitrogen and oxygen atoms in total. The Bertz CT molecular complexity index is 716. The van der Waals surface area contributed by atoms with Gasteiger partial charge in [0, 0.05) is 24.3 Å². The highest BCUT2D eigenvalue weighted by Crippen LogP contribution is 2.23. The summed E-state index contributed by atoms with van der Waals surface area (Å²) >= 11 is 6.23. The first kappa shape index (κ1) is 12.3. The number of hydrogen-bond donors (Lipinski definition) is 1. The second-order valence-electron chi connectivity index (χ2n) is 4.59. The Balaban J connectivity index is 2.09. The lowest BCUT2D eigenvalue weighted by Gasteiger charge is -2.10. The Hall–Kier alpha value is -1.77. The molecule has 0 bridgehead atoms. The zero-order valence-electron chi connectivity index (χ0n) is 10.5. The van der Waals surface area contributed by atoms with E-state index in [1.165, 1.54) is 10.9 Å². The summed E-state index contributed by atoms with van der Waals surface area (Å²) in [6.07, 6.45) is 2.09. The van der Waals surface area contributed by atoms with Gasteiger partial charge in [-0.1, -0.05) is 48.0 Å².